The van der Waals surface area contributed by atoms with E-state index in [-0.39, 0.29) is 18.3 Å². The Balaban J connectivity index is 1.28. The van der Waals surface area contributed by atoms with Crippen molar-refractivity contribution in [3.8, 4) is 5.75 Å². The molecule has 1 aliphatic heterocycles. The maximum atomic E-state index is 14.1. The molecule has 0 saturated carbocycles. The molecule has 3 aromatic rings. The number of piperidine rings is 1. The van der Waals surface area contributed by atoms with E-state index in [0.717, 1.165) is 37.1 Å². The van der Waals surface area contributed by atoms with Crippen molar-refractivity contribution < 1.29 is 19.0 Å². The van der Waals surface area contributed by atoms with Crippen LogP contribution in [0.25, 0.3) is 0 Å². The summed E-state index contributed by atoms with van der Waals surface area (Å²) >= 11 is 0. The lowest BCUT2D eigenvalue weighted by Gasteiger charge is -2.43. The molecule has 1 heterocycles. The highest BCUT2D eigenvalue weighted by Crippen LogP contribution is 2.51. The van der Waals surface area contributed by atoms with Gasteiger partial charge in [-0.25, -0.2) is 4.39 Å². The number of amides is 1. The molecule has 1 saturated heterocycles. The van der Waals surface area contributed by atoms with Crippen molar-refractivity contribution in [3.63, 3.8) is 0 Å². The third kappa shape index (κ3) is 4.31. The summed E-state index contributed by atoms with van der Waals surface area (Å²) in [6.07, 6.45) is 0.750. The number of hydrogen-bond acceptors (Lipinski definition) is 4. The molecule has 176 valence electrons. The molecule has 34 heavy (non-hydrogen) atoms. The second kappa shape index (κ2) is 9.57. The fourth-order valence-corrected chi connectivity index (χ4v) is 5.45. The van der Waals surface area contributed by atoms with Crippen LogP contribution in [0, 0.1) is 5.82 Å². The molecule has 0 unspecified atom stereocenters. The van der Waals surface area contributed by atoms with Crippen LogP contribution in [0.4, 0.5) is 4.39 Å². The average Bonchev–Trinajstić information content (AvgIpc) is 3.09. The van der Waals surface area contributed by atoms with E-state index in [0.29, 0.717) is 17.9 Å². The van der Waals surface area contributed by atoms with Gasteiger partial charge < -0.3 is 15.2 Å². The van der Waals surface area contributed by atoms with E-state index in [4.69, 9.17) is 4.74 Å². The molecular weight excluding hydrogens is 431 g/mol. The third-order valence-corrected chi connectivity index (χ3v) is 7.24. The first-order valence-electron chi connectivity index (χ1n) is 11.8. The van der Waals surface area contributed by atoms with Crippen molar-refractivity contribution >= 4 is 5.91 Å². The molecule has 2 atom stereocenters. The monoisotopic (exact) mass is 460 g/mol. The van der Waals surface area contributed by atoms with Gasteiger partial charge in [0.05, 0.1) is 12.1 Å². The van der Waals surface area contributed by atoms with E-state index in [1.807, 2.05) is 48.5 Å². The standard InChI is InChI=1S/C28H29FN2O3/c29-24-13-7-4-8-20(24)18-31-16-14-28(15-17-31)23-12-6-5-11-22(23)26(27(28)33)30-25(32)19-34-21-9-2-1-3-10-21/h1-13,26-27,33H,14-19H2,(H,30,32)/t26-,27+/m1/s1. The molecule has 1 aliphatic carbocycles. The number of rotatable bonds is 6. The topological polar surface area (TPSA) is 61.8 Å². The van der Waals surface area contributed by atoms with Crippen molar-refractivity contribution in [1.29, 1.82) is 0 Å². The van der Waals surface area contributed by atoms with Gasteiger partial charge in [-0.15, -0.1) is 0 Å². The molecule has 3 aromatic carbocycles. The molecule has 0 aromatic heterocycles. The molecular formula is C28H29FN2O3. The number of aliphatic hydroxyl groups is 1. The van der Waals surface area contributed by atoms with Crippen LogP contribution in [0.1, 0.15) is 35.6 Å². The van der Waals surface area contributed by atoms with Gasteiger partial charge >= 0.3 is 0 Å². The van der Waals surface area contributed by atoms with E-state index >= 15 is 0 Å². The lowest BCUT2D eigenvalue weighted by atomic mass is 9.72. The summed E-state index contributed by atoms with van der Waals surface area (Å²) in [6, 6.07) is 23.6. The van der Waals surface area contributed by atoms with Crippen molar-refractivity contribution in [1.82, 2.24) is 10.2 Å². The maximum Gasteiger partial charge on any atom is 0.258 e. The van der Waals surface area contributed by atoms with Gasteiger partial charge in [-0.05, 0) is 55.3 Å². The Kier molecular flexibility index (Phi) is 6.35. The zero-order chi connectivity index (χ0) is 23.5. The fraction of sp³-hybridized carbons (Fsp3) is 0.321. The number of likely N-dealkylation sites (tertiary alicyclic amines) is 1. The predicted molar refractivity (Wildman–Crippen MR) is 128 cm³/mol. The molecule has 1 fully saturated rings. The minimum atomic E-state index is -0.735. The number of halogens is 1. The maximum absolute atomic E-state index is 14.1. The van der Waals surface area contributed by atoms with Gasteiger partial charge in [0.25, 0.3) is 5.91 Å². The number of hydrogen-bond donors (Lipinski definition) is 2. The number of carbonyl (C=O) groups excluding carboxylic acids is 1. The molecule has 1 spiro atoms. The predicted octanol–water partition coefficient (Wildman–Crippen LogP) is 3.97. The Hall–Kier alpha value is -3.22. The first kappa shape index (κ1) is 22.6. The summed E-state index contributed by atoms with van der Waals surface area (Å²) < 4.78 is 19.7. The Morgan fingerprint density at radius 1 is 1.00 bits per heavy atom. The van der Waals surface area contributed by atoms with Crippen molar-refractivity contribution in [3.05, 3.63) is 101 Å². The molecule has 0 bridgehead atoms. The quantitative estimate of drug-likeness (QED) is 0.585. The van der Waals surface area contributed by atoms with Crippen LogP contribution in [-0.4, -0.2) is 41.7 Å². The van der Waals surface area contributed by atoms with Crippen LogP contribution < -0.4 is 10.1 Å². The summed E-state index contributed by atoms with van der Waals surface area (Å²) in [7, 11) is 0. The summed E-state index contributed by atoms with van der Waals surface area (Å²) in [6.45, 7) is 1.94. The number of benzene rings is 3. The van der Waals surface area contributed by atoms with Crippen molar-refractivity contribution in [2.45, 2.75) is 36.9 Å². The van der Waals surface area contributed by atoms with Crippen molar-refractivity contribution in [2.24, 2.45) is 0 Å². The zero-order valence-electron chi connectivity index (χ0n) is 19.0. The van der Waals surface area contributed by atoms with E-state index < -0.39 is 17.6 Å². The fourth-order valence-electron chi connectivity index (χ4n) is 5.45. The lowest BCUT2D eigenvalue weighted by Crippen LogP contribution is -2.50. The number of aliphatic hydroxyl groups excluding tert-OH is 1. The van der Waals surface area contributed by atoms with Gasteiger partial charge in [0, 0.05) is 17.5 Å². The Labute approximate surface area is 199 Å². The first-order chi connectivity index (χ1) is 16.6. The van der Waals surface area contributed by atoms with Gasteiger partial charge in [0.15, 0.2) is 6.61 Å². The molecule has 0 radical (unpaired) electrons. The van der Waals surface area contributed by atoms with Crippen LogP contribution in [0.3, 0.4) is 0 Å². The number of nitrogens with one attached hydrogen (secondary N) is 1. The van der Waals surface area contributed by atoms with Gasteiger partial charge in [0.1, 0.15) is 11.6 Å². The van der Waals surface area contributed by atoms with Crippen LogP contribution in [0.2, 0.25) is 0 Å². The number of para-hydroxylation sites is 1. The van der Waals surface area contributed by atoms with Gasteiger partial charge in [-0.1, -0.05) is 60.7 Å². The second-order valence-corrected chi connectivity index (χ2v) is 9.20. The highest BCUT2D eigenvalue weighted by molar-refractivity contribution is 5.78. The Bertz CT molecular complexity index is 1150. The molecule has 2 aliphatic rings. The van der Waals surface area contributed by atoms with E-state index in [2.05, 4.69) is 16.3 Å². The van der Waals surface area contributed by atoms with Crippen LogP contribution >= 0.6 is 0 Å². The number of carbonyl (C=O) groups is 1. The zero-order valence-corrected chi connectivity index (χ0v) is 19.0. The minimum absolute atomic E-state index is 0.112. The smallest absolute Gasteiger partial charge is 0.258 e. The second-order valence-electron chi connectivity index (χ2n) is 9.20. The molecule has 2 N–H and O–H groups in total. The Morgan fingerprint density at radius 3 is 2.44 bits per heavy atom. The molecule has 6 heteroatoms. The number of ether oxygens (including phenoxy) is 1. The molecule has 1 amide bonds. The largest absolute Gasteiger partial charge is 0.484 e. The number of nitrogens with zero attached hydrogens (tertiary/aromatic N) is 1. The normalized spacial score (nSPS) is 21.2. The van der Waals surface area contributed by atoms with Gasteiger partial charge in [-0.3, -0.25) is 9.69 Å². The first-order valence-corrected chi connectivity index (χ1v) is 11.8. The number of fused-ring (bicyclic) bond motifs is 2. The van der Waals surface area contributed by atoms with E-state index in [9.17, 15) is 14.3 Å². The van der Waals surface area contributed by atoms with Gasteiger partial charge in [-0.2, -0.15) is 0 Å². The van der Waals surface area contributed by atoms with Crippen molar-refractivity contribution in [2.75, 3.05) is 19.7 Å². The van der Waals surface area contributed by atoms with E-state index in [1.54, 1.807) is 18.2 Å². The molecule has 5 rings (SSSR count). The van der Waals surface area contributed by atoms with Gasteiger partial charge in [0.2, 0.25) is 0 Å². The summed E-state index contributed by atoms with van der Waals surface area (Å²) in [4.78, 5) is 14.9. The van der Waals surface area contributed by atoms with E-state index in [1.165, 1.54) is 6.07 Å². The minimum Gasteiger partial charge on any atom is -0.484 e. The third-order valence-electron chi connectivity index (χ3n) is 7.24. The lowest BCUT2D eigenvalue weighted by molar-refractivity contribution is -0.125. The highest BCUT2D eigenvalue weighted by Gasteiger charge is 2.52. The summed E-state index contributed by atoms with van der Waals surface area (Å²) in [5, 5.41) is 14.5. The molecule has 5 nitrogen and oxygen atoms in total. The average molecular weight is 461 g/mol. The van der Waals surface area contributed by atoms with Crippen LogP contribution in [0.15, 0.2) is 78.9 Å². The summed E-state index contributed by atoms with van der Waals surface area (Å²) in [5.41, 5.74) is 2.32. The Morgan fingerprint density at radius 2 is 1.68 bits per heavy atom. The SMILES string of the molecule is O=C(COc1ccccc1)N[C@@H]1c2ccccc2C2(CCN(Cc3ccccc3F)CC2)[C@H]1O. The van der Waals surface area contributed by atoms with Crippen LogP contribution in [0.5, 0.6) is 5.75 Å². The van der Waals surface area contributed by atoms with Crippen LogP contribution in [-0.2, 0) is 16.8 Å². The highest BCUT2D eigenvalue weighted by atomic mass is 19.1. The summed E-state index contributed by atoms with van der Waals surface area (Å²) in [5.74, 6) is 0.176.